The van der Waals surface area contributed by atoms with E-state index in [0.29, 0.717) is 28.7 Å². The standard InChI is InChI=1S/C29H38N8O7/c1-17(2)25-26-31-18(3)33-37(26)12-13-44-22-14-19(8-9-21(22)43-6)27(40)30-10-7-11-36(16-23(38)32-25)28(41)20-15-24(39)35(5)29(42)34(20)4/h8-9,14-15,17,25H,7,10-13,16H2,1-6H3,(H,30,40)(H,32,38)/t25-/m0/s1. The lowest BCUT2D eigenvalue weighted by molar-refractivity contribution is -0.123. The van der Waals surface area contributed by atoms with E-state index in [9.17, 15) is 24.0 Å². The summed E-state index contributed by atoms with van der Waals surface area (Å²) in [5, 5.41) is 10.3. The topological polar surface area (TPSA) is 172 Å². The van der Waals surface area contributed by atoms with Crippen molar-refractivity contribution in [2.24, 2.45) is 20.0 Å². The maximum atomic E-state index is 13.7. The predicted molar refractivity (Wildman–Crippen MR) is 159 cm³/mol. The molecular weight excluding hydrogens is 572 g/mol. The number of carbonyl (C=O) groups is 3. The first-order chi connectivity index (χ1) is 20.9. The number of amides is 3. The van der Waals surface area contributed by atoms with Crippen molar-refractivity contribution in [2.45, 2.75) is 39.8 Å². The van der Waals surface area contributed by atoms with Gasteiger partial charge in [-0.05, 0) is 37.5 Å². The van der Waals surface area contributed by atoms with Gasteiger partial charge in [0.2, 0.25) is 5.91 Å². The summed E-state index contributed by atoms with van der Waals surface area (Å²) in [6, 6.07) is 5.37. The molecule has 1 aliphatic rings. The van der Waals surface area contributed by atoms with Crippen LogP contribution in [0.2, 0.25) is 0 Å². The zero-order chi connectivity index (χ0) is 32.1. The Morgan fingerprint density at radius 1 is 1.09 bits per heavy atom. The monoisotopic (exact) mass is 610 g/mol. The highest BCUT2D eigenvalue weighted by atomic mass is 16.5. The minimum Gasteiger partial charge on any atom is -0.493 e. The molecule has 0 radical (unpaired) electrons. The number of ether oxygens (including phenoxy) is 2. The van der Waals surface area contributed by atoms with Crippen LogP contribution in [0, 0.1) is 12.8 Å². The molecule has 0 unspecified atom stereocenters. The van der Waals surface area contributed by atoms with E-state index in [0.717, 1.165) is 15.2 Å². The minimum atomic E-state index is -0.671. The van der Waals surface area contributed by atoms with Crippen molar-refractivity contribution in [3.05, 3.63) is 68.0 Å². The fourth-order valence-corrected chi connectivity index (χ4v) is 4.89. The van der Waals surface area contributed by atoms with Gasteiger partial charge in [-0.25, -0.2) is 14.5 Å². The Balaban J connectivity index is 1.71. The molecule has 0 spiro atoms. The molecule has 1 atom stereocenters. The molecule has 15 nitrogen and oxygen atoms in total. The van der Waals surface area contributed by atoms with Crippen LogP contribution >= 0.6 is 0 Å². The van der Waals surface area contributed by atoms with Crippen LogP contribution in [0.15, 0.2) is 33.9 Å². The number of rotatable bonds is 3. The molecule has 0 aliphatic carbocycles. The lowest BCUT2D eigenvalue weighted by atomic mass is 10.0. The number of carbonyl (C=O) groups excluding carboxylic acids is 3. The molecule has 0 fully saturated rings. The number of hydrogen-bond acceptors (Lipinski definition) is 9. The molecule has 3 amide bonds. The zero-order valence-electron chi connectivity index (χ0n) is 25.7. The van der Waals surface area contributed by atoms with Crippen molar-refractivity contribution < 1.29 is 23.9 Å². The fraction of sp³-hybridized carbons (Fsp3) is 0.483. The van der Waals surface area contributed by atoms with Gasteiger partial charge in [-0.15, -0.1) is 0 Å². The third kappa shape index (κ3) is 6.98. The van der Waals surface area contributed by atoms with Crippen molar-refractivity contribution in [2.75, 3.05) is 33.4 Å². The van der Waals surface area contributed by atoms with Gasteiger partial charge in [-0.2, -0.15) is 5.10 Å². The second-order valence-electron chi connectivity index (χ2n) is 10.8. The van der Waals surface area contributed by atoms with E-state index in [1.165, 1.54) is 26.1 Å². The maximum Gasteiger partial charge on any atom is 0.331 e. The highest BCUT2D eigenvalue weighted by Gasteiger charge is 2.28. The van der Waals surface area contributed by atoms with Crippen molar-refractivity contribution in [3.8, 4) is 11.5 Å². The van der Waals surface area contributed by atoms with E-state index in [4.69, 9.17) is 9.47 Å². The number of benzene rings is 1. The number of aromatic nitrogens is 5. The normalized spacial score (nSPS) is 16.7. The number of aryl methyl sites for hydroxylation is 1. The maximum absolute atomic E-state index is 13.7. The molecule has 4 rings (SSSR count). The van der Waals surface area contributed by atoms with Crippen molar-refractivity contribution in [1.29, 1.82) is 0 Å². The number of fused-ring (bicyclic) bond motifs is 3. The Morgan fingerprint density at radius 3 is 2.55 bits per heavy atom. The summed E-state index contributed by atoms with van der Waals surface area (Å²) in [5.41, 5.74) is -1.12. The molecule has 3 heterocycles. The molecular formula is C29H38N8O7. The SMILES string of the molecule is COc1ccc2cc1OCCn1nc(C)nc1[C@H](C(C)C)NC(=O)CN(C(=O)c1cc(=O)n(C)c(=O)n1C)CCCNC2=O. The van der Waals surface area contributed by atoms with E-state index in [2.05, 4.69) is 20.7 Å². The summed E-state index contributed by atoms with van der Waals surface area (Å²) in [4.78, 5) is 70.8. The average Bonchev–Trinajstić information content (AvgIpc) is 3.36. The molecule has 15 heteroatoms. The first-order valence-corrected chi connectivity index (χ1v) is 14.3. The number of nitrogens with zero attached hydrogens (tertiary/aromatic N) is 6. The Bertz CT molecular complexity index is 1670. The number of nitrogens with one attached hydrogen (secondary N) is 2. The Morgan fingerprint density at radius 2 is 1.84 bits per heavy atom. The quantitative estimate of drug-likeness (QED) is 0.419. The van der Waals surface area contributed by atoms with Crippen LogP contribution in [0.5, 0.6) is 11.5 Å². The highest BCUT2D eigenvalue weighted by Crippen LogP contribution is 2.28. The van der Waals surface area contributed by atoms with Crippen molar-refractivity contribution in [1.82, 2.24) is 39.4 Å². The first-order valence-electron chi connectivity index (χ1n) is 14.3. The van der Waals surface area contributed by atoms with Crippen molar-refractivity contribution in [3.63, 3.8) is 0 Å². The summed E-state index contributed by atoms with van der Waals surface area (Å²) in [6.45, 7) is 5.93. The molecule has 0 saturated heterocycles. The van der Waals surface area contributed by atoms with E-state index in [-0.39, 0.29) is 56.7 Å². The Kier molecular flexibility index (Phi) is 9.86. The third-order valence-electron chi connectivity index (χ3n) is 7.31. The molecule has 1 aromatic carbocycles. The van der Waals surface area contributed by atoms with E-state index in [1.54, 1.807) is 29.8 Å². The van der Waals surface area contributed by atoms with E-state index >= 15 is 0 Å². The van der Waals surface area contributed by atoms with Gasteiger partial charge in [-0.1, -0.05) is 13.8 Å². The summed E-state index contributed by atoms with van der Waals surface area (Å²) in [5.74, 6) is 0.253. The number of methoxy groups -OCH3 is 1. The summed E-state index contributed by atoms with van der Waals surface area (Å²) >= 11 is 0. The summed E-state index contributed by atoms with van der Waals surface area (Å²) in [6.07, 6.45) is 0.282. The van der Waals surface area contributed by atoms with E-state index in [1.807, 2.05) is 13.8 Å². The van der Waals surface area contributed by atoms with Gasteiger partial charge < -0.3 is 25.0 Å². The van der Waals surface area contributed by atoms with Crippen LogP contribution in [-0.4, -0.2) is 79.9 Å². The van der Waals surface area contributed by atoms with Crippen molar-refractivity contribution >= 4 is 17.7 Å². The van der Waals surface area contributed by atoms with Crippen LogP contribution in [0.3, 0.4) is 0 Å². The smallest absolute Gasteiger partial charge is 0.331 e. The van der Waals surface area contributed by atoms with Gasteiger partial charge in [0.05, 0.1) is 26.2 Å². The van der Waals surface area contributed by atoms with Gasteiger partial charge in [0.25, 0.3) is 17.4 Å². The molecule has 2 aromatic heterocycles. The summed E-state index contributed by atoms with van der Waals surface area (Å²) < 4.78 is 15.0. The second kappa shape index (κ2) is 13.6. The van der Waals surface area contributed by atoms with Crippen LogP contribution in [-0.2, 0) is 25.4 Å². The van der Waals surface area contributed by atoms with E-state index < -0.39 is 29.1 Å². The Labute approximate surface area is 253 Å². The average molecular weight is 611 g/mol. The van der Waals surface area contributed by atoms with Gasteiger partial charge in [0.15, 0.2) is 11.5 Å². The molecule has 44 heavy (non-hydrogen) atoms. The summed E-state index contributed by atoms with van der Waals surface area (Å²) in [7, 11) is 4.21. The molecule has 236 valence electrons. The first kappa shape index (κ1) is 32.0. The highest BCUT2D eigenvalue weighted by molar-refractivity contribution is 5.95. The van der Waals surface area contributed by atoms with Gasteiger partial charge >= 0.3 is 5.69 Å². The van der Waals surface area contributed by atoms with Gasteiger partial charge in [-0.3, -0.25) is 28.3 Å². The minimum absolute atomic E-state index is 0.0501. The largest absolute Gasteiger partial charge is 0.493 e. The van der Waals surface area contributed by atoms with Gasteiger partial charge in [0.1, 0.15) is 23.9 Å². The molecule has 3 aromatic rings. The molecule has 2 bridgehead atoms. The molecule has 1 aliphatic heterocycles. The zero-order valence-corrected chi connectivity index (χ0v) is 25.7. The van der Waals surface area contributed by atoms with Crippen LogP contribution in [0.25, 0.3) is 0 Å². The fourth-order valence-electron chi connectivity index (χ4n) is 4.89. The number of hydrogen-bond donors (Lipinski definition) is 2. The Hall–Kier alpha value is -4.95. The van der Waals surface area contributed by atoms with Gasteiger partial charge in [0, 0.05) is 38.8 Å². The lowest BCUT2D eigenvalue weighted by Crippen LogP contribution is -2.47. The van der Waals surface area contributed by atoms with Crippen LogP contribution < -0.4 is 31.4 Å². The predicted octanol–water partition coefficient (Wildman–Crippen LogP) is 0.161. The lowest BCUT2D eigenvalue weighted by Gasteiger charge is -2.26. The third-order valence-corrected chi connectivity index (χ3v) is 7.31. The molecule has 2 N–H and O–H groups in total. The van der Waals surface area contributed by atoms with Crippen LogP contribution in [0.1, 0.15) is 58.8 Å². The van der Waals surface area contributed by atoms with Crippen LogP contribution in [0.4, 0.5) is 0 Å². The molecule has 0 saturated carbocycles. The second-order valence-corrected chi connectivity index (χ2v) is 10.8.